The summed E-state index contributed by atoms with van der Waals surface area (Å²) in [6.45, 7) is 0. The maximum absolute atomic E-state index is 12.9. The van der Waals surface area contributed by atoms with E-state index in [-0.39, 0.29) is 18.1 Å². The Labute approximate surface area is 159 Å². The summed E-state index contributed by atoms with van der Waals surface area (Å²) in [6.07, 6.45) is 0.267. The van der Waals surface area contributed by atoms with Crippen LogP contribution in [0.15, 0.2) is 84.9 Å². The highest BCUT2D eigenvalue weighted by Crippen LogP contribution is 2.36. The van der Waals surface area contributed by atoms with Crippen LogP contribution >= 0.6 is 0 Å². The topological polar surface area (TPSA) is 50.1 Å². The molecular formula is C24H21NO2. The summed E-state index contributed by atoms with van der Waals surface area (Å²) in [5.41, 5.74) is 2.55. The van der Waals surface area contributed by atoms with Gasteiger partial charge in [-0.15, -0.1) is 0 Å². The number of nitrogens with zero attached hydrogens (tertiary/aromatic N) is 1. The lowest BCUT2D eigenvalue weighted by molar-refractivity contribution is 0.0971. The molecule has 3 heteroatoms. The zero-order chi connectivity index (χ0) is 19.1. The number of carbonyl (C=O) groups is 1. The molecule has 0 heterocycles. The van der Waals surface area contributed by atoms with E-state index in [1.165, 1.54) is 0 Å². The molecule has 134 valence electrons. The van der Waals surface area contributed by atoms with Gasteiger partial charge in [-0.05, 0) is 35.4 Å². The molecule has 2 atom stereocenters. The monoisotopic (exact) mass is 355 g/mol. The van der Waals surface area contributed by atoms with Gasteiger partial charge in [-0.3, -0.25) is 4.79 Å². The van der Waals surface area contributed by atoms with Gasteiger partial charge < -0.3 is 4.74 Å². The average molecular weight is 355 g/mol. The van der Waals surface area contributed by atoms with Gasteiger partial charge in [-0.2, -0.15) is 5.26 Å². The van der Waals surface area contributed by atoms with Gasteiger partial charge in [0, 0.05) is 17.9 Å². The Morgan fingerprint density at radius 3 is 1.96 bits per heavy atom. The number of rotatable bonds is 7. The van der Waals surface area contributed by atoms with Crippen LogP contribution in [0.25, 0.3) is 0 Å². The highest BCUT2D eigenvalue weighted by atomic mass is 16.5. The first kappa shape index (κ1) is 18.4. The summed E-state index contributed by atoms with van der Waals surface area (Å²) in [5.74, 6) is 0.122. The molecule has 0 saturated carbocycles. The van der Waals surface area contributed by atoms with E-state index in [1.807, 2.05) is 60.7 Å². The SMILES string of the molecule is COc1ccc(C(=O)CC(c2ccccc2)C(C#N)c2ccccc2)cc1. The fourth-order valence-electron chi connectivity index (χ4n) is 3.28. The van der Waals surface area contributed by atoms with Gasteiger partial charge in [0.2, 0.25) is 0 Å². The Morgan fingerprint density at radius 1 is 0.889 bits per heavy atom. The van der Waals surface area contributed by atoms with E-state index in [1.54, 1.807) is 31.4 Å². The van der Waals surface area contributed by atoms with Crippen molar-refractivity contribution in [1.82, 2.24) is 0 Å². The molecule has 0 amide bonds. The number of hydrogen-bond acceptors (Lipinski definition) is 3. The quantitative estimate of drug-likeness (QED) is 0.536. The number of nitriles is 1. The van der Waals surface area contributed by atoms with Crippen molar-refractivity contribution in [1.29, 1.82) is 5.26 Å². The average Bonchev–Trinajstić information content (AvgIpc) is 2.75. The minimum Gasteiger partial charge on any atom is -0.497 e. The molecule has 0 aliphatic rings. The maximum atomic E-state index is 12.9. The fourth-order valence-corrected chi connectivity index (χ4v) is 3.28. The van der Waals surface area contributed by atoms with E-state index < -0.39 is 5.92 Å². The number of methoxy groups -OCH3 is 1. The van der Waals surface area contributed by atoms with E-state index in [2.05, 4.69) is 6.07 Å². The van der Waals surface area contributed by atoms with Gasteiger partial charge in [0.25, 0.3) is 0 Å². The van der Waals surface area contributed by atoms with Crippen molar-refractivity contribution >= 4 is 5.78 Å². The van der Waals surface area contributed by atoms with Crippen LogP contribution in [0.3, 0.4) is 0 Å². The van der Waals surface area contributed by atoms with Crippen LogP contribution in [-0.2, 0) is 0 Å². The summed E-state index contributed by atoms with van der Waals surface area (Å²) in [6, 6.07) is 29.0. The first-order valence-electron chi connectivity index (χ1n) is 8.89. The van der Waals surface area contributed by atoms with E-state index in [9.17, 15) is 10.1 Å². The second-order valence-corrected chi connectivity index (χ2v) is 6.39. The highest BCUT2D eigenvalue weighted by Gasteiger charge is 2.27. The third kappa shape index (κ3) is 4.43. The van der Waals surface area contributed by atoms with Crippen LogP contribution in [0, 0.1) is 11.3 Å². The van der Waals surface area contributed by atoms with Crippen LogP contribution in [-0.4, -0.2) is 12.9 Å². The van der Waals surface area contributed by atoms with Crippen LogP contribution < -0.4 is 4.74 Å². The summed E-state index contributed by atoms with van der Waals surface area (Å²) in [5, 5.41) is 9.89. The Kier molecular flexibility index (Phi) is 6.02. The highest BCUT2D eigenvalue weighted by molar-refractivity contribution is 5.96. The van der Waals surface area contributed by atoms with Crippen molar-refractivity contribution in [2.24, 2.45) is 0 Å². The Hall–Kier alpha value is -3.38. The molecule has 3 nitrogen and oxygen atoms in total. The molecule has 0 radical (unpaired) electrons. The van der Waals surface area contributed by atoms with E-state index in [0.717, 1.165) is 11.1 Å². The van der Waals surface area contributed by atoms with Crippen molar-refractivity contribution in [3.05, 3.63) is 102 Å². The van der Waals surface area contributed by atoms with Crippen LogP contribution in [0.4, 0.5) is 0 Å². The smallest absolute Gasteiger partial charge is 0.163 e. The summed E-state index contributed by atoms with van der Waals surface area (Å²) in [4.78, 5) is 12.9. The molecular weight excluding hydrogens is 334 g/mol. The molecule has 0 N–H and O–H groups in total. The summed E-state index contributed by atoms with van der Waals surface area (Å²) in [7, 11) is 1.60. The fraction of sp³-hybridized carbons (Fsp3) is 0.167. The number of ketones is 1. The molecule has 0 aromatic heterocycles. The van der Waals surface area contributed by atoms with E-state index in [0.29, 0.717) is 11.3 Å². The lowest BCUT2D eigenvalue weighted by Gasteiger charge is -2.22. The lowest BCUT2D eigenvalue weighted by atomic mass is 9.78. The number of benzene rings is 3. The minimum atomic E-state index is -0.393. The number of ether oxygens (including phenoxy) is 1. The summed E-state index contributed by atoms with van der Waals surface area (Å²) < 4.78 is 5.16. The predicted octanol–water partition coefficient (Wildman–Crippen LogP) is 5.36. The Morgan fingerprint density at radius 2 is 1.44 bits per heavy atom. The normalized spacial score (nSPS) is 12.6. The Balaban J connectivity index is 1.92. The van der Waals surface area contributed by atoms with Gasteiger partial charge in [0.1, 0.15) is 5.75 Å². The molecule has 27 heavy (non-hydrogen) atoms. The predicted molar refractivity (Wildman–Crippen MR) is 106 cm³/mol. The van der Waals surface area contributed by atoms with Crippen molar-refractivity contribution in [3.63, 3.8) is 0 Å². The third-order valence-corrected chi connectivity index (χ3v) is 4.75. The number of Topliss-reactive ketones (excluding diaryl/α,β-unsaturated/α-hetero) is 1. The van der Waals surface area contributed by atoms with Gasteiger partial charge >= 0.3 is 0 Å². The maximum Gasteiger partial charge on any atom is 0.163 e. The van der Waals surface area contributed by atoms with Crippen molar-refractivity contribution in [2.75, 3.05) is 7.11 Å². The van der Waals surface area contributed by atoms with Crippen molar-refractivity contribution in [2.45, 2.75) is 18.3 Å². The molecule has 2 unspecified atom stereocenters. The molecule has 0 aliphatic carbocycles. The summed E-state index contributed by atoms with van der Waals surface area (Å²) >= 11 is 0. The molecule has 3 aromatic rings. The van der Waals surface area contributed by atoms with Gasteiger partial charge in [0.15, 0.2) is 5.78 Å². The molecule has 0 spiro atoms. The van der Waals surface area contributed by atoms with Gasteiger partial charge in [0.05, 0.1) is 19.1 Å². The number of carbonyl (C=O) groups excluding carboxylic acids is 1. The number of hydrogen-bond donors (Lipinski definition) is 0. The molecule has 0 bridgehead atoms. The standard InChI is InChI=1S/C24H21NO2/c1-27-21-14-12-20(13-15-21)24(26)16-22(18-8-4-2-5-9-18)23(17-25)19-10-6-3-7-11-19/h2-15,22-23H,16H2,1H3. The Bertz CT molecular complexity index is 912. The first-order valence-corrected chi connectivity index (χ1v) is 8.89. The van der Waals surface area contributed by atoms with Gasteiger partial charge in [-0.25, -0.2) is 0 Å². The minimum absolute atomic E-state index is 0.0164. The second kappa shape index (κ2) is 8.82. The largest absolute Gasteiger partial charge is 0.497 e. The van der Waals surface area contributed by atoms with E-state index >= 15 is 0 Å². The zero-order valence-electron chi connectivity index (χ0n) is 15.2. The molecule has 3 aromatic carbocycles. The molecule has 0 fully saturated rings. The second-order valence-electron chi connectivity index (χ2n) is 6.39. The zero-order valence-corrected chi connectivity index (χ0v) is 15.2. The van der Waals surface area contributed by atoms with Crippen LogP contribution in [0.5, 0.6) is 5.75 Å². The molecule has 3 rings (SSSR count). The van der Waals surface area contributed by atoms with Crippen molar-refractivity contribution in [3.8, 4) is 11.8 Å². The van der Waals surface area contributed by atoms with Crippen LogP contribution in [0.2, 0.25) is 0 Å². The lowest BCUT2D eigenvalue weighted by Crippen LogP contribution is -2.15. The first-order chi connectivity index (χ1) is 13.2. The van der Waals surface area contributed by atoms with Gasteiger partial charge in [-0.1, -0.05) is 60.7 Å². The van der Waals surface area contributed by atoms with Crippen molar-refractivity contribution < 1.29 is 9.53 Å². The van der Waals surface area contributed by atoms with E-state index in [4.69, 9.17) is 4.74 Å². The molecule has 0 aliphatic heterocycles. The molecule has 0 saturated heterocycles. The van der Waals surface area contributed by atoms with Crippen LogP contribution in [0.1, 0.15) is 39.7 Å². The third-order valence-electron chi connectivity index (χ3n) is 4.75.